The Bertz CT molecular complexity index is 1040. The average molecular weight is 438 g/mol. The van der Waals surface area contributed by atoms with Crippen molar-refractivity contribution in [3.8, 4) is 17.4 Å². The van der Waals surface area contributed by atoms with Gasteiger partial charge in [0.2, 0.25) is 17.7 Å². The maximum absolute atomic E-state index is 12.6. The lowest BCUT2D eigenvalue weighted by Crippen LogP contribution is -2.37. The van der Waals surface area contributed by atoms with Gasteiger partial charge in [0, 0.05) is 25.2 Å². The van der Waals surface area contributed by atoms with E-state index in [9.17, 15) is 4.79 Å². The van der Waals surface area contributed by atoms with E-state index in [1.165, 1.54) is 0 Å². The third-order valence-electron chi connectivity index (χ3n) is 5.06. The van der Waals surface area contributed by atoms with Crippen LogP contribution >= 0.6 is 0 Å². The Morgan fingerprint density at radius 3 is 2.84 bits per heavy atom. The molecule has 0 spiro atoms. The first-order valence-corrected chi connectivity index (χ1v) is 10.8. The van der Waals surface area contributed by atoms with Crippen molar-refractivity contribution in [1.82, 2.24) is 25.3 Å². The van der Waals surface area contributed by atoms with Gasteiger partial charge in [-0.05, 0) is 44.0 Å². The summed E-state index contributed by atoms with van der Waals surface area (Å²) in [6, 6.07) is 11.5. The van der Waals surface area contributed by atoms with Gasteiger partial charge in [0.05, 0.1) is 19.7 Å². The molecule has 0 aliphatic carbocycles. The molecule has 0 bridgehead atoms. The minimum atomic E-state index is -0.100. The van der Waals surface area contributed by atoms with Gasteiger partial charge in [0.25, 0.3) is 0 Å². The third-order valence-corrected chi connectivity index (χ3v) is 5.06. The Hall–Kier alpha value is -3.46. The highest BCUT2D eigenvalue weighted by atomic mass is 16.5. The number of para-hydroxylation sites is 2. The maximum atomic E-state index is 12.6. The molecule has 3 aromatic rings. The number of carbonyl (C=O) groups is 1. The third kappa shape index (κ3) is 6.04. The number of pyridine rings is 1. The van der Waals surface area contributed by atoms with Gasteiger partial charge in [-0.3, -0.25) is 9.69 Å². The van der Waals surface area contributed by atoms with Crippen molar-refractivity contribution in [2.75, 3.05) is 19.7 Å². The molecule has 1 N–H and O–H groups in total. The highest BCUT2D eigenvalue weighted by Crippen LogP contribution is 2.32. The highest BCUT2D eigenvalue weighted by Gasteiger charge is 2.17. The fraction of sp³-hybridized carbons (Fsp3) is 0.391. The van der Waals surface area contributed by atoms with E-state index in [0.717, 1.165) is 31.4 Å². The monoisotopic (exact) mass is 437 g/mol. The largest absolute Gasteiger partial charge is 0.490 e. The lowest BCUT2D eigenvalue weighted by Gasteiger charge is -2.22. The molecule has 9 heteroatoms. The molecular formula is C23H27N5O4. The molecular weight excluding hydrogens is 410 g/mol. The fourth-order valence-corrected chi connectivity index (χ4v) is 3.50. The van der Waals surface area contributed by atoms with Crippen LogP contribution in [-0.2, 0) is 17.9 Å². The van der Waals surface area contributed by atoms with Crippen molar-refractivity contribution in [2.24, 2.45) is 0 Å². The van der Waals surface area contributed by atoms with E-state index >= 15 is 0 Å². The number of hydrogen-bond acceptors (Lipinski definition) is 8. The molecule has 3 heterocycles. The molecule has 1 aliphatic heterocycles. The molecule has 1 amide bonds. The van der Waals surface area contributed by atoms with Crippen LogP contribution in [0.2, 0.25) is 0 Å². The number of hydrogen-bond donors (Lipinski definition) is 1. The van der Waals surface area contributed by atoms with E-state index in [1.807, 2.05) is 36.4 Å². The number of carbonyl (C=O) groups excluding carboxylic acids is 1. The lowest BCUT2D eigenvalue weighted by molar-refractivity contribution is -0.122. The number of nitrogens with zero attached hydrogens (tertiary/aromatic N) is 4. The molecule has 1 aromatic carbocycles. The zero-order valence-electron chi connectivity index (χ0n) is 18.1. The van der Waals surface area contributed by atoms with Crippen LogP contribution in [0.15, 0.2) is 47.1 Å². The van der Waals surface area contributed by atoms with Gasteiger partial charge in [-0.15, -0.1) is 0 Å². The molecule has 0 radical (unpaired) electrons. The summed E-state index contributed by atoms with van der Waals surface area (Å²) in [4.78, 5) is 23.2. The van der Waals surface area contributed by atoms with Gasteiger partial charge in [-0.25, -0.2) is 4.98 Å². The minimum Gasteiger partial charge on any atom is -0.490 e. The van der Waals surface area contributed by atoms with Crippen molar-refractivity contribution in [2.45, 2.75) is 39.3 Å². The van der Waals surface area contributed by atoms with Crippen LogP contribution in [0, 0.1) is 6.92 Å². The van der Waals surface area contributed by atoms with E-state index < -0.39 is 0 Å². The van der Waals surface area contributed by atoms with E-state index in [2.05, 4.69) is 25.3 Å². The normalized spacial score (nSPS) is 15.0. The molecule has 1 aliphatic rings. The van der Waals surface area contributed by atoms with Gasteiger partial charge in [-0.2, -0.15) is 4.98 Å². The summed E-state index contributed by atoms with van der Waals surface area (Å²) in [5.41, 5.74) is 0.906. The van der Waals surface area contributed by atoms with Gasteiger partial charge in [0.15, 0.2) is 17.3 Å². The van der Waals surface area contributed by atoms with E-state index in [0.29, 0.717) is 42.2 Å². The quantitative estimate of drug-likeness (QED) is 0.664. The number of fused-ring (bicyclic) bond motifs is 2. The molecule has 0 fully saturated rings. The van der Waals surface area contributed by atoms with Crippen LogP contribution in [0.3, 0.4) is 0 Å². The minimum absolute atomic E-state index is 0.100. The second kappa shape index (κ2) is 10.7. The Kier molecular flexibility index (Phi) is 7.29. The predicted molar refractivity (Wildman–Crippen MR) is 116 cm³/mol. The summed E-state index contributed by atoms with van der Waals surface area (Å²) in [5, 5.41) is 6.67. The molecule has 4 rings (SSSR count). The Morgan fingerprint density at radius 1 is 1.12 bits per heavy atom. The van der Waals surface area contributed by atoms with E-state index in [1.54, 1.807) is 13.1 Å². The SMILES string of the molecule is Cc1nc(CNC(=O)CN2CCCCCOc3ccccc3Oc3ncccc3C2)no1. The van der Waals surface area contributed by atoms with Crippen LogP contribution < -0.4 is 14.8 Å². The van der Waals surface area contributed by atoms with E-state index in [4.69, 9.17) is 14.0 Å². The first-order chi connectivity index (χ1) is 15.7. The molecule has 0 saturated carbocycles. The average Bonchev–Trinajstić information content (AvgIpc) is 3.22. The van der Waals surface area contributed by atoms with Gasteiger partial charge >= 0.3 is 0 Å². The molecule has 0 atom stereocenters. The Balaban J connectivity index is 1.47. The van der Waals surface area contributed by atoms with E-state index in [-0.39, 0.29) is 19.0 Å². The summed E-state index contributed by atoms with van der Waals surface area (Å²) in [5.74, 6) is 2.68. The molecule has 32 heavy (non-hydrogen) atoms. The molecule has 9 nitrogen and oxygen atoms in total. The van der Waals surface area contributed by atoms with Crippen LogP contribution in [-0.4, -0.2) is 45.6 Å². The number of nitrogens with one attached hydrogen (secondary N) is 1. The first-order valence-electron chi connectivity index (χ1n) is 10.8. The zero-order chi connectivity index (χ0) is 22.2. The Labute approximate surface area is 186 Å². The number of benzene rings is 1. The van der Waals surface area contributed by atoms with Gasteiger partial charge in [0.1, 0.15) is 0 Å². The fourth-order valence-electron chi connectivity index (χ4n) is 3.50. The van der Waals surface area contributed by atoms with Crippen molar-refractivity contribution >= 4 is 5.91 Å². The van der Waals surface area contributed by atoms with Crippen molar-refractivity contribution in [3.05, 3.63) is 59.9 Å². The second-order valence-corrected chi connectivity index (χ2v) is 7.64. The summed E-state index contributed by atoms with van der Waals surface area (Å²) in [6.07, 6.45) is 4.59. The van der Waals surface area contributed by atoms with Crippen LogP contribution in [0.25, 0.3) is 0 Å². The molecule has 0 saturated heterocycles. The standard InChI is InChI=1S/C23H27N5O4/c1-17-26-21(27-32-17)14-25-22(29)16-28-12-5-2-6-13-30-19-9-3-4-10-20(19)31-23-18(15-28)8-7-11-24-23/h3-4,7-11H,2,5-6,12-16H2,1H3,(H,25,29). The van der Waals surface area contributed by atoms with Gasteiger partial charge in [-0.1, -0.05) is 23.4 Å². The lowest BCUT2D eigenvalue weighted by atomic mass is 10.2. The number of ether oxygens (including phenoxy) is 2. The number of amides is 1. The molecule has 2 aromatic heterocycles. The number of aromatic nitrogens is 3. The summed E-state index contributed by atoms with van der Waals surface area (Å²) >= 11 is 0. The van der Waals surface area contributed by atoms with Crippen LogP contribution in [0.5, 0.6) is 17.4 Å². The topological polar surface area (TPSA) is 103 Å². The Morgan fingerprint density at radius 2 is 2.00 bits per heavy atom. The smallest absolute Gasteiger partial charge is 0.234 e. The summed E-state index contributed by atoms with van der Waals surface area (Å²) in [6.45, 7) is 4.13. The first kappa shape index (κ1) is 21.8. The molecule has 0 unspecified atom stereocenters. The van der Waals surface area contributed by atoms with Crippen molar-refractivity contribution in [1.29, 1.82) is 0 Å². The van der Waals surface area contributed by atoms with Gasteiger partial charge < -0.3 is 19.3 Å². The van der Waals surface area contributed by atoms with Crippen molar-refractivity contribution < 1.29 is 18.8 Å². The number of rotatable bonds is 4. The molecule has 168 valence electrons. The number of aryl methyl sites for hydroxylation is 1. The summed E-state index contributed by atoms with van der Waals surface area (Å²) in [7, 11) is 0. The maximum Gasteiger partial charge on any atom is 0.234 e. The predicted octanol–water partition coefficient (Wildman–Crippen LogP) is 3.25. The highest BCUT2D eigenvalue weighted by molar-refractivity contribution is 5.77. The second-order valence-electron chi connectivity index (χ2n) is 7.64. The van der Waals surface area contributed by atoms with Crippen molar-refractivity contribution in [3.63, 3.8) is 0 Å². The van der Waals surface area contributed by atoms with Crippen LogP contribution in [0.1, 0.15) is 36.5 Å². The summed E-state index contributed by atoms with van der Waals surface area (Å²) < 4.78 is 17.0. The van der Waals surface area contributed by atoms with Crippen LogP contribution in [0.4, 0.5) is 0 Å². The zero-order valence-corrected chi connectivity index (χ0v) is 18.1.